The Labute approximate surface area is 182 Å². The van der Waals surface area contributed by atoms with E-state index in [4.69, 9.17) is 17.3 Å². The second kappa shape index (κ2) is 9.39. The van der Waals surface area contributed by atoms with Crippen molar-refractivity contribution in [1.82, 2.24) is 9.80 Å². The van der Waals surface area contributed by atoms with E-state index in [9.17, 15) is 4.79 Å². The van der Waals surface area contributed by atoms with Crippen LogP contribution in [0.15, 0.2) is 53.5 Å². The number of anilines is 1. The van der Waals surface area contributed by atoms with Gasteiger partial charge in [0.1, 0.15) is 0 Å². The maximum Gasteiger partial charge on any atom is 0.222 e. The monoisotopic (exact) mass is 425 g/mol. The molecule has 0 radical (unpaired) electrons. The molecule has 0 bridgehead atoms. The molecule has 0 saturated carbocycles. The fourth-order valence-electron chi connectivity index (χ4n) is 4.04. The molecule has 0 atom stereocenters. The Morgan fingerprint density at radius 1 is 1.00 bits per heavy atom. The van der Waals surface area contributed by atoms with Gasteiger partial charge in [-0.1, -0.05) is 35.9 Å². The van der Waals surface area contributed by atoms with Crippen LogP contribution in [0.25, 0.3) is 0 Å². The number of nitrogens with two attached hydrogens (primary N) is 1. The zero-order chi connectivity index (χ0) is 20.9. The fraction of sp³-hybridized carbons (Fsp3) is 0.391. The number of piperazine rings is 1. The van der Waals surface area contributed by atoms with Gasteiger partial charge in [0.2, 0.25) is 5.91 Å². The van der Waals surface area contributed by atoms with Gasteiger partial charge >= 0.3 is 0 Å². The molecule has 6 nitrogen and oxygen atoms in total. The number of guanidine groups is 1. The van der Waals surface area contributed by atoms with Gasteiger partial charge in [-0.2, -0.15) is 0 Å². The summed E-state index contributed by atoms with van der Waals surface area (Å²) in [6.07, 6.45) is 1.64. The Hall–Kier alpha value is -2.73. The van der Waals surface area contributed by atoms with Gasteiger partial charge in [0, 0.05) is 56.4 Å². The van der Waals surface area contributed by atoms with Crippen molar-refractivity contribution >= 4 is 29.2 Å². The summed E-state index contributed by atoms with van der Waals surface area (Å²) < 4.78 is 0. The zero-order valence-corrected chi connectivity index (χ0v) is 17.9. The summed E-state index contributed by atoms with van der Waals surface area (Å²) in [5.74, 6) is 0.839. The number of hydrogen-bond donors (Lipinski definition) is 1. The van der Waals surface area contributed by atoms with Crippen molar-refractivity contribution in [3.8, 4) is 0 Å². The maximum atomic E-state index is 11.9. The first kappa shape index (κ1) is 20.5. The summed E-state index contributed by atoms with van der Waals surface area (Å²) in [5.41, 5.74) is 9.72. The second-order valence-corrected chi connectivity index (χ2v) is 8.30. The van der Waals surface area contributed by atoms with E-state index in [0.717, 1.165) is 55.3 Å². The Morgan fingerprint density at radius 3 is 2.43 bits per heavy atom. The number of aliphatic imine (C=N–C) groups is 1. The van der Waals surface area contributed by atoms with Crippen molar-refractivity contribution in [3.63, 3.8) is 0 Å². The van der Waals surface area contributed by atoms with Crippen LogP contribution in [0.1, 0.15) is 24.0 Å². The topological polar surface area (TPSA) is 65.2 Å². The summed E-state index contributed by atoms with van der Waals surface area (Å²) >= 11 is 5.98. The number of likely N-dealkylation sites (tertiary alicyclic amines) is 1. The van der Waals surface area contributed by atoms with E-state index in [1.54, 1.807) is 0 Å². The third kappa shape index (κ3) is 5.05. The fourth-order valence-corrected chi connectivity index (χ4v) is 4.16. The van der Waals surface area contributed by atoms with E-state index < -0.39 is 0 Å². The lowest BCUT2D eigenvalue weighted by molar-refractivity contribution is -0.128. The van der Waals surface area contributed by atoms with Crippen molar-refractivity contribution < 1.29 is 4.79 Å². The molecule has 4 rings (SSSR count). The van der Waals surface area contributed by atoms with Crippen molar-refractivity contribution in [2.24, 2.45) is 10.7 Å². The molecule has 1 amide bonds. The van der Waals surface area contributed by atoms with E-state index >= 15 is 0 Å². The van der Waals surface area contributed by atoms with Crippen LogP contribution in [-0.2, 0) is 17.9 Å². The average Bonchev–Trinajstić information content (AvgIpc) is 3.17. The number of nitrogens with zero attached hydrogens (tertiary/aromatic N) is 4. The highest BCUT2D eigenvalue weighted by Crippen LogP contribution is 2.19. The van der Waals surface area contributed by atoms with Gasteiger partial charge in [-0.15, -0.1) is 0 Å². The highest BCUT2D eigenvalue weighted by molar-refractivity contribution is 6.30. The Bertz CT molecular complexity index is 906. The minimum Gasteiger partial charge on any atom is -0.370 e. The van der Waals surface area contributed by atoms with E-state index in [-0.39, 0.29) is 5.91 Å². The Kier molecular flexibility index (Phi) is 6.43. The van der Waals surface area contributed by atoms with Crippen LogP contribution in [0.3, 0.4) is 0 Å². The van der Waals surface area contributed by atoms with Crippen LogP contribution in [0.2, 0.25) is 5.02 Å². The summed E-state index contributed by atoms with van der Waals surface area (Å²) in [7, 11) is 0. The van der Waals surface area contributed by atoms with Crippen LogP contribution in [-0.4, -0.2) is 54.4 Å². The number of rotatable bonds is 5. The molecule has 7 heteroatoms. The van der Waals surface area contributed by atoms with E-state index in [1.165, 1.54) is 5.69 Å². The Morgan fingerprint density at radius 2 is 1.73 bits per heavy atom. The molecule has 2 aliphatic rings. The molecule has 0 spiro atoms. The molecular formula is C23H28ClN5O. The molecular weight excluding hydrogens is 398 g/mol. The molecule has 0 unspecified atom stereocenters. The van der Waals surface area contributed by atoms with E-state index in [0.29, 0.717) is 25.5 Å². The highest BCUT2D eigenvalue weighted by Gasteiger charge is 2.20. The normalized spacial score (nSPS) is 17.7. The lowest BCUT2D eigenvalue weighted by atomic mass is 10.1. The lowest BCUT2D eigenvalue weighted by Crippen LogP contribution is -2.51. The largest absolute Gasteiger partial charge is 0.370 e. The predicted molar refractivity (Wildman–Crippen MR) is 122 cm³/mol. The van der Waals surface area contributed by atoms with Crippen LogP contribution >= 0.6 is 11.6 Å². The number of halogens is 1. The van der Waals surface area contributed by atoms with Crippen LogP contribution in [0, 0.1) is 0 Å². The molecule has 2 aromatic rings. The molecule has 0 aliphatic carbocycles. The molecule has 2 saturated heterocycles. The van der Waals surface area contributed by atoms with Gasteiger partial charge in [-0.25, -0.2) is 4.99 Å². The molecule has 30 heavy (non-hydrogen) atoms. The molecule has 2 fully saturated rings. The first-order valence-corrected chi connectivity index (χ1v) is 10.9. The zero-order valence-electron chi connectivity index (χ0n) is 17.1. The molecule has 2 aromatic carbocycles. The van der Waals surface area contributed by atoms with Crippen molar-refractivity contribution in [2.45, 2.75) is 25.9 Å². The quantitative estimate of drug-likeness (QED) is 0.590. The van der Waals surface area contributed by atoms with Gasteiger partial charge < -0.3 is 20.4 Å². The SMILES string of the molecule is NC(=NCc1cccc(CN2CCCC2=O)c1)N1CCN(c2ccc(Cl)cc2)CC1. The summed E-state index contributed by atoms with van der Waals surface area (Å²) in [5, 5.41) is 0.755. The second-order valence-electron chi connectivity index (χ2n) is 7.86. The smallest absolute Gasteiger partial charge is 0.222 e. The van der Waals surface area contributed by atoms with Crippen molar-refractivity contribution in [3.05, 3.63) is 64.7 Å². The third-order valence-corrected chi connectivity index (χ3v) is 6.01. The first-order valence-electron chi connectivity index (χ1n) is 10.5. The molecule has 2 N–H and O–H groups in total. The van der Waals surface area contributed by atoms with Crippen LogP contribution in [0.5, 0.6) is 0 Å². The minimum absolute atomic E-state index is 0.250. The van der Waals surface area contributed by atoms with Crippen LogP contribution < -0.4 is 10.6 Å². The summed E-state index contributed by atoms with van der Waals surface area (Å²) in [6.45, 7) is 5.57. The van der Waals surface area contributed by atoms with E-state index in [1.807, 2.05) is 23.1 Å². The number of carbonyl (C=O) groups is 1. The van der Waals surface area contributed by atoms with Gasteiger partial charge in [0.25, 0.3) is 0 Å². The van der Waals surface area contributed by atoms with Crippen molar-refractivity contribution in [1.29, 1.82) is 0 Å². The lowest BCUT2D eigenvalue weighted by Gasteiger charge is -2.36. The average molecular weight is 426 g/mol. The highest BCUT2D eigenvalue weighted by atomic mass is 35.5. The number of hydrogen-bond acceptors (Lipinski definition) is 3. The first-order chi connectivity index (χ1) is 14.6. The van der Waals surface area contributed by atoms with Crippen LogP contribution in [0.4, 0.5) is 5.69 Å². The molecule has 2 aliphatic heterocycles. The van der Waals surface area contributed by atoms with E-state index in [2.05, 4.69) is 45.1 Å². The molecule has 2 heterocycles. The van der Waals surface area contributed by atoms with Crippen molar-refractivity contribution in [2.75, 3.05) is 37.6 Å². The van der Waals surface area contributed by atoms with Gasteiger partial charge in [0.05, 0.1) is 6.54 Å². The third-order valence-electron chi connectivity index (χ3n) is 5.76. The minimum atomic E-state index is 0.250. The molecule has 0 aromatic heterocycles. The van der Waals surface area contributed by atoms with Gasteiger partial charge in [-0.05, 0) is 41.8 Å². The van der Waals surface area contributed by atoms with Gasteiger partial charge in [0.15, 0.2) is 5.96 Å². The summed E-state index contributed by atoms with van der Waals surface area (Å²) in [4.78, 5) is 22.9. The number of amides is 1. The number of benzene rings is 2. The standard InChI is InChI=1S/C23H28ClN5O/c24-20-6-8-21(9-7-20)27-11-13-28(14-12-27)23(25)26-16-18-3-1-4-19(15-18)17-29-10-2-5-22(29)30/h1,3-4,6-9,15H,2,5,10-14,16-17H2,(H2,25,26). The Balaban J connectivity index is 1.30. The molecule has 158 valence electrons. The number of carbonyl (C=O) groups excluding carboxylic acids is 1. The van der Waals surface area contributed by atoms with Gasteiger partial charge in [-0.3, -0.25) is 4.79 Å². The predicted octanol–water partition coefficient (Wildman–Crippen LogP) is 3.10. The summed E-state index contributed by atoms with van der Waals surface area (Å²) in [6, 6.07) is 16.2. The maximum absolute atomic E-state index is 11.9.